The van der Waals surface area contributed by atoms with Crippen LogP contribution in [0.5, 0.6) is 11.8 Å². The number of aryl methyl sites for hydroxylation is 1. The molecule has 0 saturated heterocycles. The van der Waals surface area contributed by atoms with Crippen LogP contribution in [0.15, 0.2) is 36.7 Å². The Kier molecular flexibility index (Phi) is 3.15. The minimum atomic E-state index is 0.377. The Bertz CT molecular complexity index is 456. The third-order valence-corrected chi connectivity index (χ3v) is 2.43. The highest BCUT2D eigenvalue weighted by molar-refractivity contribution is 14.1. The van der Waals surface area contributed by atoms with Crippen LogP contribution < -0.4 is 4.74 Å². The van der Waals surface area contributed by atoms with Gasteiger partial charge in [-0.3, -0.25) is 0 Å². The Balaban J connectivity index is 2.18. The van der Waals surface area contributed by atoms with Crippen LogP contribution in [0.1, 0.15) is 5.56 Å². The lowest BCUT2D eigenvalue weighted by molar-refractivity contribution is 0.441. The molecule has 0 amide bonds. The van der Waals surface area contributed by atoms with Crippen molar-refractivity contribution in [2.24, 2.45) is 0 Å². The zero-order valence-corrected chi connectivity index (χ0v) is 10.3. The van der Waals surface area contributed by atoms with Gasteiger partial charge in [-0.2, -0.15) is 0 Å². The van der Waals surface area contributed by atoms with Crippen molar-refractivity contribution >= 4 is 22.6 Å². The Labute approximate surface area is 102 Å². The van der Waals surface area contributed by atoms with Crippen LogP contribution in [0.2, 0.25) is 0 Å². The molecule has 2 rings (SSSR count). The first kappa shape index (κ1) is 10.4. The predicted octanol–water partition coefficient (Wildman–Crippen LogP) is 3.18. The van der Waals surface area contributed by atoms with Gasteiger partial charge in [0.1, 0.15) is 5.75 Å². The topological polar surface area (TPSA) is 35.0 Å². The third-order valence-electron chi connectivity index (χ3n) is 1.76. The monoisotopic (exact) mass is 312 g/mol. The van der Waals surface area contributed by atoms with Crippen molar-refractivity contribution in [1.29, 1.82) is 0 Å². The van der Waals surface area contributed by atoms with E-state index in [4.69, 9.17) is 4.74 Å². The van der Waals surface area contributed by atoms with E-state index in [0.29, 0.717) is 6.01 Å². The number of nitrogens with zero attached hydrogens (tertiary/aromatic N) is 2. The summed E-state index contributed by atoms with van der Waals surface area (Å²) in [5, 5.41) is 0. The molecule has 0 aliphatic heterocycles. The lowest BCUT2D eigenvalue weighted by Gasteiger charge is -2.03. The molecule has 0 spiro atoms. The fourth-order valence-corrected chi connectivity index (χ4v) is 1.58. The first-order chi connectivity index (χ1) is 7.24. The number of aromatic nitrogens is 2. The number of hydrogen-bond acceptors (Lipinski definition) is 3. The highest BCUT2D eigenvalue weighted by Gasteiger charge is 1.99. The molecule has 2 aromatic rings. The van der Waals surface area contributed by atoms with Crippen molar-refractivity contribution in [1.82, 2.24) is 9.97 Å². The van der Waals surface area contributed by atoms with Gasteiger partial charge >= 0.3 is 6.01 Å². The van der Waals surface area contributed by atoms with Crippen LogP contribution in [0.4, 0.5) is 0 Å². The number of benzene rings is 1. The van der Waals surface area contributed by atoms with E-state index in [2.05, 4.69) is 32.6 Å². The van der Waals surface area contributed by atoms with Crippen LogP contribution in [-0.2, 0) is 0 Å². The van der Waals surface area contributed by atoms with Crippen molar-refractivity contribution in [3.63, 3.8) is 0 Å². The van der Waals surface area contributed by atoms with Crippen LogP contribution in [0.3, 0.4) is 0 Å². The van der Waals surface area contributed by atoms with Gasteiger partial charge in [-0.25, -0.2) is 9.97 Å². The number of rotatable bonds is 2. The standard InChI is InChI=1S/C11H9IN2O/c1-8-6-13-11(14-7-8)15-10-4-2-3-9(12)5-10/h2-7H,1H3. The minimum absolute atomic E-state index is 0.377. The van der Waals surface area contributed by atoms with Crippen molar-refractivity contribution in [3.8, 4) is 11.8 Å². The molecular weight excluding hydrogens is 303 g/mol. The van der Waals surface area contributed by atoms with E-state index in [1.807, 2.05) is 31.2 Å². The maximum absolute atomic E-state index is 5.49. The second-order valence-corrected chi connectivity index (χ2v) is 4.35. The predicted molar refractivity (Wildman–Crippen MR) is 66.0 cm³/mol. The Morgan fingerprint density at radius 1 is 1.20 bits per heavy atom. The second-order valence-electron chi connectivity index (χ2n) is 3.10. The summed E-state index contributed by atoms with van der Waals surface area (Å²) < 4.78 is 6.61. The smallest absolute Gasteiger partial charge is 0.321 e. The Morgan fingerprint density at radius 2 is 1.93 bits per heavy atom. The minimum Gasteiger partial charge on any atom is -0.424 e. The van der Waals surface area contributed by atoms with E-state index in [-0.39, 0.29) is 0 Å². The fourth-order valence-electron chi connectivity index (χ4n) is 1.07. The van der Waals surface area contributed by atoms with Crippen LogP contribution >= 0.6 is 22.6 Å². The van der Waals surface area contributed by atoms with E-state index < -0.39 is 0 Å². The van der Waals surface area contributed by atoms with E-state index in [9.17, 15) is 0 Å². The third kappa shape index (κ3) is 2.89. The molecule has 1 heterocycles. The maximum atomic E-state index is 5.49. The molecular formula is C11H9IN2O. The lowest BCUT2D eigenvalue weighted by Crippen LogP contribution is -1.91. The van der Waals surface area contributed by atoms with Crippen molar-refractivity contribution < 1.29 is 4.74 Å². The molecule has 0 N–H and O–H groups in total. The summed E-state index contributed by atoms with van der Waals surface area (Å²) in [6, 6.07) is 8.13. The molecule has 0 atom stereocenters. The van der Waals surface area contributed by atoms with Crippen molar-refractivity contribution in [2.45, 2.75) is 6.92 Å². The number of halogens is 1. The normalized spacial score (nSPS) is 10.0. The van der Waals surface area contributed by atoms with Gasteiger partial charge in [0.15, 0.2) is 0 Å². The Hall–Kier alpha value is -1.17. The largest absolute Gasteiger partial charge is 0.424 e. The average Bonchev–Trinajstić information content (AvgIpc) is 2.22. The zero-order valence-electron chi connectivity index (χ0n) is 8.14. The average molecular weight is 312 g/mol. The summed E-state index contributed by atoms with van der Waals surface area (Å²) >= 11 is 2.23. The maximum Gasteiger partial charge on any atom is 0.321 e. The second kappa shape index (κ2) is 4.57. The zero-order chi connectivity index (χ0) is 10.7. The molecule has 1 aromatic heterocycles. The molecule has 15 heavy (non-hydrogen) atoms. The summed E-state index contributed by atoms with van der Waals surface area (Å²) in [5.74, 6) is 0.755. The van der Waals surface area contributed by atoms with Gasteiger partial charge in [0.05, 0.1) is 0 Å². The molecule has 0 aliphatic carbocycles. The molecule has 1 aromatic carbocycles. The van der Waals surface area contributed by atoms with Crippen LogP contribution in [0.25, 0.3) is 0 Å². The van der Waals surface area contributed by atoms with Gasteiger partial charge in [0.25, 0.3) is 0 Å². The summed E-state index contributed by atoms with van der Waals surface area (Å²) in [4.78, 5) is 8.13. The van der Waals surface area contributed by atoms with Gasteiger partial charge in [0.2, 0.25) is 0 Å². The molecule has 3 nitrogen and oxygen atoms in total. The van der Waals surface area contributed by atoms with Gasteiger partial charge in [0, 0.05) is 16.0 Å². The lowest BCUT2D eigenvalue weighted by atomic mass is 10.3. The van der Waals surface area contributed by atoms with E-state index >= 15 is 0 Å². The number of hydrogen-bond donors (Lipinski definition) is 0. The van der Waals surface area contributed by atoms with Crippen LogP contribution in [-0.4, -0.2) is 9.97 Å². The number of ether oxygens (including phenoxy) is 1. The summed E-state index contributed by atoms with van der Waals surface area (Å²) in [5.41, 5.74) is 1.02. The Morgan fingerprint density at radius 3 is 2.60 bits per heavy atom. The van der Waals surface area contributed by atoms with Crippen LogP contribution in [0, 0.1) is 10.5 Å². The SMILES string of the molecule is Cc1cnc(Oc2cccc(I)c2)nc1. The molecule has 0 bridgehead atoms. The summed E-state index contributed by atoms with van der Waals surface area (Å²) in [7, 11) is 0. The summed E-state index contributed by atoms with van der Waals surface area (Å²) in [6.45, 7) is 1.94. The fraction of sp³-hybridized carbons (Fsp3) is 0.0909. The van der Waals surface area contributed by atoms with Crippen molar-refractivity contribution in [2.75, 3.05) is 0 Å². The first-order valence-electron chi connectivity index (χ1n) is 4.46. The summed E-state index contributed by atoms with van der Waals surface area (Å²) in [6.07, 6.45) is 3.46. The molecule has 0 aliphatic rings. The molecule has 76 valence electrons. The molecule has 0 fully saturated rings. The molecule has 0 radical (unpaired) electrons. The highest BCUT2D eigenvalue weighted by atomic mass is 127. The van der Waals surface area contributed by atoms with Gasteiger partial charge in [-0.1, -0.05) is 6.07 Å². The van der Waals surface area contributed by atoms with E-state index in [1.54, 1.807) is 12.4 Å². The van der Waals surface area contributed by atoms with Gasteiger partial charge in [-0.05, 0) is 53.3 Å². The molecule has 4 heteroatoms. The quantitative estimate of drug-likeness (QED) is 0.799. The van der Waals surface area contributed by atoms with Crippen molar-refractivity contribution in [3.05, 3.63) is 45.8 Å². The van der Waals surface area contributed by atoms with Gasteiger partial charge in [-0.15, -0.1) is 0 Å². The van der Waals surface area contributed by atoms with Gasteiger partial charge < -0.3 is 4.74 Å². The van der Waals surface area contributed by atoms with E-state index in [1.165, 1.54) is 0 Å². The first-order valence-corrected chi connectivity index (χ1v) is 5.54. The highest BCUT2D eigenvalue weighted by Crippen LogP contribution is 2.19. The molecule has 0 unspecified atom stereocenters. The van der Waals surface area contributed by atoms with E-state index in [0.717, 1.165) is 14.9 Å². The molecule has 0 saturated carbocycles.